The van der Waals surface area contributed by atoms with Crippen molar-refractivity contribution in [3.8, 4) is 0 Å². The summed E-state index contributed by atoms with van der Waals surface area (Å²) in [6.07, 6.45) is 1.28. The molecule has 0 saturated carbocycles. The minimum absolute atomic E-state index is 0.275. The molecule has 3 nitrogen and oxygen atoms in total. The van der Waals surface area contributed by atoms with Gasteiger partial charge in [0.2, 0.25) is 0 Å². The molecule has 1 atom stereocenters. The Morgan fingerprint density at radius 2 is 1.92 bits per heavy atom. The number of carbonyl (C=O) groups is 1. The quantitative estimate of drug-likeness (QED) is 0.618. The van der Waals surface area contributed by atoms with Crippen molar-refractivity contribution in [1.29, 1.82) is 0 Å². The van der Waals surface area contributed by atoms with Crippen molar-refractivity contribution >= 4 is 5.97 Å². The van der Waals surface area contributed by atoms with Crippen molar-refractivity contribution in [2.75, 3.05) is 0 Å². The number of aliphatic hydroxyl groups is 1. The van der Waals surface area contributed by atoms with Gasteiger partial charge in [-0.15, -0.1) is 0 Å². The van der Waals surface area contributed by atoms with Crippen LogP contribution in [0.2, 0.25) is 0 Å². The van der Waals surface area contributed by atoms with Crippen LogP contribution in [0.1, 0.15) is 6.92 Å². The molecule has 0 aromatic carbocycles. The highest BCUT2D eigenvalue weighted by molar-refractivity contribution is 5.77. The fourth-order valence-electron chi connectivity index (χ4n) is 0.739. The predicted octanol–water partition coefficient (Wildman–Crippen LogP) is 1.12. The molecular weight excluding hydrogens is 156 g/mol. The van der Waals surface area contributed by atoms with Gasteiger partial charge in [-0.25, -0.2) is 4.79 Å². The van der Waals surface area contributed by atoms with Crippen molar-refractivity contribution in [2.45, 2.75) is 13.0 Å². The first kappa shape index (κ1) is 10.7. The van der Waals surface area contributed by atoms with Gasteiger partial charge in [-0.3, -0.25) is 0 Å². The smallest absolute Gasteiger partial charge is 0.337 e. The van der Waals surface area contributed by atoms with Crippen LogP contribution < -0.4 is 0 Å². The fraction of sp³-hybridized carbons (Fsp3) is 0.222. The Kier molecular flexibility index (Phi) is 4.00. The molecule has 66 valence electrons. The van der Waals surface area contributed by atoms with Gasteiger partial charge in [-0.1, -0.05) is 25.3 Å². The lowest BCUT2D eigenvalue weighted by molar-refractivity contribution is -0.144. The van der Waals surface area contributed by atoms with E-state index >= 15 is 0 Å². The number of aliphatic hydroxyl groups excluding tert-OH is 1. The van der Waals surface area contributed by atoms with Gasteiger partial charge < -0.3 is 10.2 Å². The highest BCUT2D eigenvalue weighted by atomic mass is 16.4. The summed E-state index contributed by atoms with van der Waals surface area (Å²) in [6, 6.07) is 0. The lowest BCUT2D eigenvalue weighted by Gasteiger charge is -2.08. The average molecular weight is 168 g/mol. The molecule has 0 heterocycles. The standard InChI is InChI=1S/C9H12O3/c1-4-6(3)7(5-2)8(10)9(11)12/h4-5,8,10H,1-2H2,3H3,(H,11,12). The Balaban J connectivity index is 4.90. The number of allylic oxidation sites excluding steroid dienone is 2. The summed E-state index contributed by atoms with van der Waals surface area (Å²) in [5.41, 5.74) is 0.886. The minimum Gasteiger partial charge on any atom is -0.479 e. The number of aliphatic carboxylic acids is 1. The second-order valence-electron chi connectivity index (χ2n) is 2.29. The number of rotatable bonds is 4. The van der Waals surface area contributed by atoms with E-state index in [-0.39, 0.29) is 5.57 Å². The van der Waals surface area contributed by atoms with Crippen LogP contribution in [0.15, 0.2) is 36.5 Å². The van der Waals surface area contributed by atoms with E-state index in [1.165, 1.54) is 12.2 Å². The lowest BCUT2D eigenvalue weighted by Crippen LogP contribution is -2.21. The second-order valence-corrected chi connectivity index (χ2v) is 2.29. The summed E-state index contributed by atoms with van der Waals surface area (Å²) in [5, 5.41) is 17.6. The molecule has 0 aromatic rings. The van der Waals surface area contributed by atoms with Gasteiger partial charge in [0.15, 0.2) is 6.10 Å². The van der Waals surface area contributed by atoms with Gasteiger partial charge >= 0.3 is 5.97 Å². The first-order valence-electron chi connectivity index (χ1n) is 3.41. The molecule has 0 rings (SSSR count). The van der Waals surface area contributed by atoms with Crippen LogP contribution in [0.3, 0.4) is 0 Å². The summed E-state index contributed by atoms with van der Waals surface area (Å²) in [6.45, 7) is 8.53. The van der Waals surface area contributed by atoms with Crippen LogP contribution in [0.25, 0.3) is 0 Å². The molecule has 2 N–H and O–H groups in total. The molecule has 0 aliphatic heterocycles. The molecular formula is C9H12O3. The maximum atomic E-state index is 10.4. The van der Waals surface area contributed by atoms with E-state index in [0.29, 0.717) is 5.57 Å². The number of hydrogen-bond acceptors (Lipinski definition) is 2. The van der Waals surface area contributed by atoms with Gasteiger partial charge in [0.05, 0.1) is 0 Å². The third-order valence-corrected chi connectivity index (χ3v) is 1.51. The van der Waals surface area contributed by atoms with Crippen molar-refractivity contribution in [3.05, 3.63) is 36.5 Å². The third kappa shape index (κ3) is 2.36. The number of hydrogen-bond donors (Lipinski definition) is 2. The molecule has 3 heteroatoms. The molecule has 0 fully saturated rings. The summed E-state index contributed by atoms with van der Waals surface area (Å²) in [5.74, 6) is -1.29. The number of carboxylic acid groups (broad SMARTS) is 1. The normalized spacial score (nSPS) is 14.5. The van der Waals surface area contributed by atoms with Gasteiger partial charge in [0.1, 0.15) is 0 Å². The van der Waals surface area contributed by atoms with Crippen LogP contribution in [0, 0.1) is 0 Å². The van der Waals surface area contributed by atoms with E-state index in [1.54, 1.807) is 6.92 Å². The SMILES string of the molecule is C=CC(C)=C(C=C)C(O)C(=O)O. The van der Waals surface area contributed by atoms with Gasteiger partial charge in [-0.2, -0.15) is 0 Å². The second kappa shape index (κ2) is 4.51. The molecule has 0 radical (unpaired) electrons. The zero-order valence-corrected chi connectivity index (χ0v) is 6.95. The lowest BCUT2D eigenvalue weighted by atomic mass is 10.0. The molecule has 0 spiro atoms. The largest absolute Gasteiger partial charge is 0.479 e. The van der Waals surface area contributed by atoms with Gasteiger partial charge in [0, 0.05) is 0 Å². The highest BCUT2D eigenvalue weighted by Gasteiger charge is 2.17. The van der Waals surface area contributed by atoms with Crippen LogP contribution in [0.4, 0.5) is 0 Å². The van der Waals surface area contributed by atoms with Crippen LogP contribution in [-0.2, 0) is 4.79 Å². The summed E-state index contributed by atoms with van der Waals surface area (Å²) in [7, 11) is 0. The van der Waals surface area contributed by atoms with E-state index < -0.39 is 12.1 Å². The predicted molar refractivity (Wildman–Crippen MR) is 46.7 cm³/mol. The zero-order valence-electron chi connectivity index (χ0n) is 6.95. The van der Waals surface area contributed by atoms with Crippen molar-refractivity contribution < 1.29 is 15.0 Å². The molecule has 0 amide bonds. The Bertz CT molecular complexity index is 238. The van der Waals surface area contributed by atoms with E-state index in [9.17, 15) is 4.79 Å². The Labute approximate surface area is 71.3 Å². The molecule has 1 unspecified atom stereocenters. The van der Waals surface area contributed by atoms with Crippen LogP contribution in [0.5, 0.6) is 0 Å². The summed E-state index contributed by atoms with van der Waals surface area (Å²) >= 11 is 0. The highest BCUT2D eigenvalue weighted by Crippen LogP contribution is 2.11. The van der Waals surface area contributed by atoms with Crippen LogP contribution >= 0.6 is 0 Å². The first-order chi connectivity index (χ1) is 5.54. The van der Waals surface area contributed by atoms with Gasteiger partial charge in [0.25, 0.3) is 0 Å². The van der Waals surface area contributed by atoms with E-state index in [4.69, 9.17) is 10.2 Å². The summed E-state index contributed by atoms with van der Waals surface area (Å²) in [4.78, 5) is 10.4. The Morgan fingerprint density at radius 3 is 2.17 bits per heavy atom. The summed E-state index contributed by atoms with van der Waals surface area (Å²) < 4.78 is 0. The molecule has 12 heavy (non-hydrogen) atoms. The third-order valence-electron chi connectivity index (χ3n) is 1.51. The van der Waals surface area contributed by atoms with E-state index in [2.05, 4.69) is 13.2 Å². The average Bonchev–Trinajstić information content (AvgIpc) is 2.05. The zero-order chi connectivity index (χ0) is 9.72. The maximum Gasteiger partial charge on any atom is 0.337 e. The fourth-order valence-corrected chi connectivity index (χ4v) is 0.739. The van der Waals surface area contributed by atoms with Crippen LogP contribution in [-0.4, -0.2) is 22.3 Å². The molecule has 0 aromatic heterocycles. The topological polar surface area (TPSA) is 57.5 Å². The Morgan fingerprint density at radius 1 is 1.42 bits per heavy atom. The van der Waals surface area contributed by atoms with E-state index in [1.807, 2.05) is 0 Å². The van der Waals surface area contributed by atoms with E-state index in [0.717, 1.165) is 0 Å². The monoisotopic (exact) mass is 168 g/mol. The Hall–Kier alpha value is -1.35. The maximum absolute atomic E-state index is 10.4. The molecule has 0 saturated heterocycles. The van der Waals surface area contributed by atoms with Gasteiger partial charge in [-0.05, 0) is 18.1 Å². The number of carboxylic acids is 1. The van der Waals surface area contributed by atoms with Crippen molar-refractivity contribution in [1.82, 2.24) is 0 Å². The molecule has 0 aliphatic rings. The van der Waals surface area contributed by atoms with Crippen molar-refractivity contribution in [2.24, 2.45) is 0 Å². The molecule has 0 bridgehead atoms. The minimum atomic E-state index is -1.51. The first-order valence-corrected chi connectivity index (χ1v) is 3.41. The molecule has 0 aliphatic carbocycles. The van der Waals surface area contributed by atoms with Crippen molar-refractivity contribution in [3.63, 3.8) is 0 Å².